The van der Waals surface area contributed by atoms with Gasteiger partial charge in [-0.15, -0.1) is 0 Å². The van der Waals surface area contributed by atoms with E-state index in [1.807, 2.05) is 0 Å². The number of ether oxygens (including phenoxy) is 1. The third kappa shape index (κ3) is 4.07. The predicted octanol–water partition coefficient (Wildman–Crippen LogP) is 0.137. The maximum atomic E-state index is 11.4. The second-order valence-electron chi connectivity index (χ2n) is 4.01. The van der Waals surface area contributed by atoms with Crippen molar-refractivity contribution < 1.29 is 9.53 Å². The van der Waals surface area contributed by atoms with Crippen LogP contribution in [0.5, 0.6) is 0 Å². The van der Waals surface area contributed by atoms with Crippen molar-refractivity contribution in [3.05, 3.63) is 0 Å². The highest BCUT2D eigenvalue weighted by molar-refractivity contribution is 5.76. The van der Waals surface area contributed by atoms with Gasteiger partial charge in [0.25, 0.3) is 0 Å². The van der Waals surface area contributed by atoms with Crippen LogP contribution in [0.2, 0.25) is 0 Å². The molecule has 2 unspecified atom stereocenters. The van der Waals surface area contributed by atoms with Crippen molar-refractivity contribution in [1.29, 1.82) is 0 Å². The summed E-state index contributed by atoms with van der Waals surface area (Å²) >= 11 is 0. The molecule has 2 atom stereocenters. The van der Waals surface area contributed by atoms with Gasteiger partial charge in [-0.2, -0.15) is 0 Å². The first-order valence-electron chi connectivity index (χ1n) is 5.21. The number of hydrogen-bond acceptors (Lipinski definition) is 3. The zero-order valence-electron chi connectivity index (χ0n) is 9.01. The van der Waals surface area contributed by atoms with Crippen LogP contribution in [0.3, 0.4) is 0 Å². The summed E-state index contributed by atoms with van der Waals surface area (Å²) in [7, 11) is 1.61. The standard InChI is InChI=1S/C10H20N2O2/c1-8-5-9(7-11-6-8)12-10(13)3-4-14-2/h8-9,11H,3-7H2,1-2H3,(H,12,13). The van der Waals surface area contributed by atoms with Crippen LogP contribution >= 0.6 is 0 Å². The van der Waals surface area contributed by atoms with E-state index in [-0.39, 0.29) is 5.91 Å². The molecule has 1 rings (SSSR count). The van der Waals surface area contributed by atoms with E-state index in [0.29, 0.717) is 25.0 Å². The minimum atomic E-state index is 0.0905. The summed E-state index contributed by atoms with van der Waals surface area (Å²) in [6, 6.07) is 0.295. The zero-order chi connectivity index (χ0) is 10.4. The number of methoxy groups -OCH3 is 1. The van der Waals surface area contributed by atoms with Crippen molar-refractivity contribution >= 4 is 5.91 Å². The Morgan fingerprint density at radius 3 is 3.00 bits per heavy atom. The van der Waals surface area contributed by atoms with E-state index in [1.165, 1.54) is 0 Å². The summed E-state index contributed by atoms with van der Waals surface area (Å²) in [5, 5.41) is 6.30. The Morgan fingerprint density at radius 2 is 2.36 bits per heavy atom. The molecule has 0 radical (unpaired) electrons. The molecule has 2 N–H and O–H groups in total. The highest BCUT2D eigenvalue weighted by atomic mass is 16.5. The van der Waals surface area contributed by atoms with E-state index >= 15 is 0 Å². The number of carbonyl (C=O) groups is 1. The van der Waals surface area contributed by atoms with E-state index in [4.69, 9.17) is 4.74 Å². The summed E-state index contributed by atoms with van der Waals surface area (Å²) < 4.78 is 4.85. The Hall–Kier alpha value is -0.610. The Bertz CT molecular complexity index is 185. The van der Waals surface area contributed by atoms with E-state index in [1.54, 1.807) is 7.11 Å². The second-order valence-corrected chi connectivity index (χ2v) is 4.01. The summed E-state index contributed by atoms with van der Waals surface area (Å²) in [5.41, 5.74) is 0. The Balaban J connectivity index is 2.18. The average molecular weight is 200 g/mol. The molecule has 0 saturated carbocycles. The highest BCUT2D eigenvalue weighted by Crippen LogP contribution is 2.09. The Labute approximate surface area is 85.4 Å². The number of rotatable bonds is 4. The van der Waals surface area contributed by atoms with Gasteiger partial charge in [0.05, 0.1) is 6.61 Å². The molecule has 0 spiro atoms. The van der Waals surface area contributed by atoms with Crippen molar-refractivity contribution in [2.24, 2.45) is 5.92 Å². The van der Waals surface area contributed by atoms with Crippen LogP contribution in [0.1, 0.15) is 19.8 Å². The van der Waals surface area contributed by atoms with Gasteiger partial charge < -0.3 is 15.4 Å². The zero-order valence-corrected chi connectivity index (χ0v) is 9.01. The van der Waals surface area contributed by atoms with Crippen LogP contribution in [0.4, 0.5) is 0 Å². The summed E-state index contributed by atoms with van der Waals surface area (Å²) in [5.74, 6) is 0.740. The molecule has 1 amide bonds. The van der Waals surface area contributed by atoms with E-state index < -0.39 is 0 Å². The van der Waals surface area contributed by atoms with Gasteiger partial charge in [0, 0.05) is 26.1 Å². The van der Waals surface area contributed by atoms with Gasteiger partial charge in [0.1, 0.15) is 0 Å². The van der Waals surface area contributed by atoms with Gasteiger partial charge in [0.2, 0.25) is 5.91 Å². The topological polar surface area (TPSA) is 50.4 Å². The minimum absolute atomic E-state index is 0.0905. The van der Waals surface area contributed by atoms with Crippen molar-refractivity contribution in [3.63, 3.8) is 0 Å². The van der Waals surface area contributed by atoms with Gasteiger partial charge in [-0.1, -0.05) is 6.92 Å². The third-order valence-electron chi connectivity index (χ3n) is 2.47. The molecular weight excluding hydrogens is 180 g/mol. The third-order valence-corrected chi connectivity index (χ3v) is 2.47. The smallest absolute Gasteiger partial charge is 0.222 e. The molecule has 14 heavy (non-hydrogen) atoms. The predicted molar refractivity (Wildman–Crippen MR) is 55.1 cm³/mol. The number of amides is 1. The largest absolute Gasteiger partial charge is 0.384 e. The number of carbonyl (C=O) groups excluding carboxylic acids is 1. The van der Waals surface area contributed by atoms with Crippen LogP contribution in [-0.4, -0.2) is 38.8 Å². The molecule has 1 aliphatic heterocycles. The number of hydrogen-bond donors (Lipinski definition) is 2. The van der Waals surface area contributed by atoms with Crippen LogP contribution in [0.25, 0.3) is 0 Å². The molecule has 4 heteroatoms. The quantitative estimate of drug-likeness (QED) is 0.678. The molecule has 0 aromatic carbocycles. The molecular formula is C10H20N2O2. The summed E-state index contributed by atoms with van der Waals surface area (Å²) in [6.07, 6.45) is 1.53. The lowest BCUT2D eigenvalue weighted by Gasteiger charge is -2.28. The van der Waals surface area contributed by atoms with Crippen molar-refractivity contribution in [3.8, 4) is 0 Å². The first-order chi connectivity index (χ1) is 6.72. The van der Waals surface area contributed by atoms with Gasteiger partial charge in [-0.3, -0.25) is 4.79 Å². The Kier molecular flexibility index (Phi) is 4.90. The van der Waals surface area contributed by atoms with Crippen LogP contribution in [-0.2, 0) is 9.53 Å². The first kappa shape index (κ1) is 11.5. The number of piperidine rings is 1. The summed E-state index contributed by atoms with van der Waals surface area (Å²) in [4.78, 5) is 11.4. The van der Waals surface area contributed by atoms with Crippen molar-refractivity contribution in [2.45, 2.75) is 25.8 Å². The maximum Gasteiger partial charge on any atom is 0.222 e. The molecule has 0 aromatic heterocycles. The first-order valence-corrected chi connectivity index (χ1v) is 5.21. The van der Waals surface area contributed by atoms with E-state index in [0.717, 1.165) is 19.5 Å². The van der Waals surface area contributed by atoms with E-state index in [2.05, 4.69) is 17.6 Å². The normalized spacial score (nSPS) is 27.3. The highest BCUT2D eigenvalue weighted by Gasteiger charge is 2.19. The van der Waals surface area contributed by atoms with Gasteiger partial charge in [-0.05, 0) is 18.9 Å². The van der Waals surface area contributed by atoms with Gasteiger partial charge in [-0.25, -0.2) is 0 Å². The fraction of sp³-hybridized carbons (Fsp3) is 0.900. The van der Waals surface area contributed by atoms with Crippen LogP contribution in [0, 0.1) is 5.92 Å². The molecule has 82 valence electrons. The fourth-order valence-corrected chi connectivity index (χ4v) is 1.76. The molecule has 0 bridgehead atoms. The number of nitrogens with one attached hydrogen (secondary N) is 2. The molecule has 1 heterocycles. The second kappa shape index (κ2) is 5.98. The van der Waals surface area contributed by atoms with Crippen LogP contribution in [0.15, 0.2) is 0 Å². The lowest BCUT2D eigenvalue weighted by molar-refractivity contribution is -0.122. The SMILES string of the molecule is COCCC(=O)NC1CNCC(C)C1. The van der Waals surface area contributed by atoms with Gasteiger partial charge >= 0.3 is 0 Å². The molecule has 0 aromatic rings. The molecule has 1 aliphatic rings. The lowest BCUT2D eigenvalue weighted by atomic mass is 9.98. The molecule has 1 saturated heterocycles. The van der Waals surface area contributed by atoms with Crippen molar-refractivity contribution in [1.82, 2.24) is 10.6 Å². The fourth-order valence-electron chi connectivity index (χ4n) is 1.76. The monoisotopic (exact) mass is 200 g/mol. The minimum Gasteiger partial charge on any atom is -0.384 e. The molecule has 1 fully saturated rings. The average Bonchev–Trinajstić information content (AvgIpc) is 2.15. The molecule has 0 aliphatic carbocycles. The summed E-state index contributed by atoms with van der Waals surface area (Å²) in [6.45, 7) is 4.65. The maximum absolute atomic E-state index is 11.4. The molecule has 4 nitrogen and oxygen atoms in total. The van der Waals surface area contributed by atoms with E-state index in [9.17, 15) is 4.79 Å². The lowest BCUT2D eigenvalue weighted by Crippen LogP contribution is -2.48. The van der Waals surface area contributed by atoms with Crippen molar-refractivity contribution in [2.75, 3.05) is 26.8 Å². The van der Waals surface area contributed by atoms with Gasteiger partial charge in [0.15, 0.2) is 0 Å². The Morgan fingerprint density at radius 1 is 1.57 bits per heavy atom. The van der Waals surface area contributed by atoms with Crippen LogP contribution < -0.4 is 10.6 Å².